The average molecular weight is 400 g/mol. The summed E-state index contributed by atoms with van der Waals surface area (Å²) in [5.74, 6) is -4.31. The molecule has 3 aromatic rings. The highest BCUT2D eigenvalue weighted by molar-refractivity contribution is 5.86. The smallest absolute Gasteiger partial charge is 0.159 e. The van der Waals surface area contributed by atoms with Crippen molar-refractivity contribution < 1.29 is 22.0 Å². The Morgan fingerprint density at radius 1 is 0.759 bits per heavy atom. The van der Waals surface area contributed by atoms with Crippen LogP contribution in [0.2, 0.25) is 0 Å². The molecule has 0 nitrogen and oxygen atoms in total. The third-order valence-corrected chi connectivity index (χ3v) is 5.32. The van der Waals surface area contributed by atoms with Crippen molar-refractivity contribution in [3.8, 4) is 11.1 Å². The third-order valence-electron chi connectivity index (χ3n) is 5.32. The highest BCUT2D eigenvalue weighted by Crippen LogP contribution is 2.38. The molecule has 0 atom stereocenters. The second-order valence-corrected chi connectivity index (χ2v) is 7.08. The van der Waals surface area contributed by atoms with E-state index in [1.165, 1.54) is 6.07 Å². The van der Waals surface area contributed by atoms with E-state index in [2.05, 4.69) is 0 Å². The number of benzene rings is 3. The van der Waals surface area contributed by atoms with Gasteiger partial charge in [0, 0.05) is 5.56 Å². The molecule has 5 heteroatoms. The van der Waals surface area contributed by atoms with E-state index >= 15 is 4.39 Å². The predicted octanol–water partition coefficient (Wildman–Crippen LogP) is 7.10. The molecule has 3 aromatic carbocycles. The lowest BCUT2D eigenvalue weighted by Crippen LogP contribution is -2.07. The summed E-state index contributed by atoms with van der Waals surface area (Å²) in [5, 5.41) is 0. The van der Waals surface area contributed by atoms with E-state index in [1.54, 1.807) is 12.1 Å². The fraction of sp³-hybridized carbons (Fsp3) is 0.167. The SMILES string of the molecule is CCc1ccc(C2=Cc3cc(F)c(-c4ccc(F)c(F)c4)c(F)c3CC2)c(F)c1. The Morgan fingerprint density at radius 2 is 1.55 bits per heavy atom. The third kappa shape index (κ3) is 3.46. The lowest BCUT2D eigenvalue weighted by molar-refractivity contribution is 0.508. The Labute approximate surface area is 165 Å². The Balaban J connectivity index is 1.80. The summed E-state index contributed by atoms with van der Waals surface area (Å²) in [7, 11) is 0. The molecule has 1 aliphatic rings. The molecule has 0 N–H and O–H groups in total. The average Bonchev–Trinajstić information content (AvgIpc) is 2.70. The van der Waals surface area contributed by atoms with Gasteiger partial charge in [0.05, 0.1) is 5.56 Å². The number of hydrogen-bond acceptors (Lipinski definition) is 0. The summed E-state index contributed by atoms with van der Waals surface area (Å²) in [5.41, 5.74) is 2.09. The summed E-state index contributed by atoms with van der Waals surface area (Å²) in [6, 6.07) is 8.91. The van der Waals surface area contributed by atoms with Gasteiger partial charge in [-0.3, -0.25) is 0 Å². The first-order chi connectivity index (χ1) is 13.9. The second-order valence-electron chi connectivity index (χ2n) is 7.08. The highest BCUT2D eigenvalue weighted by atomic mass is 19.2. The van der Waals surface area contributed by atoms with Crippen molar-refractivity contribution in [1.29, 1.82) is 0 Å². The molecule has 0 saturated heterocycles. The second kappa shape index (κ2) is 7.47. The molecule has 0 aromatic heterocycles. The molecule has 148 valence electrons. The summed E-state index contributed by atoms with van der Waals surface area (Å²) >= 11 is 0. The summed E-state index contributed by atoms with van der Waals surface area (Å²) in [4.78, 5) is 0. The fourth-order valence-corrected chi connectivity index (χ4v) is 3.75. The largest absolute Gasteiger partial charge is 0.206 e. The van der Waals surface area contributed by atoms with Gasteiger partial charge in [-0.1, -0.05) is 31.2 Å². The van der Waals surface area contributed by atoms with Crippen molar-refractivity contribution in [3.05, 3.63) is 93.8 Å². The van der Waals surface area contributed by atoms with Gasteiger partial charge < -0.3 is 0 Å². The van der Waals surface area contributed by atoms with Crippen LogP contribution in [0.15, 0.2) is 42.5 Å². The van der Waals surface area contributed by atoms with Crippen LogP contribution in [0.4, 0.5) is 22.0 Å². The van der Waals surface area contributed by atoms with Gasteiger partial charge in [0.15, 0.2) is 11.6 Å². The van der Waals surface area contributed by atoms with Crippen LogP contribution in [0.3, 0.4) is 0 Å². The molecule has 0 bridgehead atoms. The monoisotopic (exact) mass is 400 g/mol. The van der Waals surface area contributed by atoms with Crippen molar-refractivity contribution in [2.24, 2.45) is 0 Å². The molecule has 0 aliphatic heterocycles. The zero-order valence-electron chi connectivity index (χ0n) is 15.6. The minimum Gasteiger partial charge on any atom is -0.206 e. The van der Waals surface area contributed by atoms with Crippen LogP contribution in [0.1, 0.15) is 35.6 Å². The molecular weight excluding hydrogens is 383 g/mol. The van der Waals surface area contributed by atoms with E-state index in [-0.39, 0.29) is 23.4 Å². The molecule has 0 unspecified atom stereocenters. The van der Waals surface area contributed by atoms with Crippen molar-refractivity contribution in [3.63, 3.8) is 0 Å². The van der Waals surface area contributed by atoms with Crippen LogP contribution in [0.25, 0.3) is 22.8 Å². The zero-order chi connectivity index (χ0) is 20.7. The van der Waals surface area contributed by atoms with E-state index in [0.717, 1.165) is 29.8 Å². The standard InChI is InChI=1S/C24H17F5/c1-2-13-3-6-17(20(26)9-13)14-4-7-18-16(10-14)12-22(28)23(24(18)29)15-5-8-19(25)21(27)11-15/h3,5-6,8-12H,2,4,7H2,1H3. The summed E-state index contributed by atoms with van der Waals surface area (Å²) in [6.07, 6.45) is 2.93. The number of aryl methyl sites for hydroxylation is 1. The fourth-order valence-electron chi connectivity index (χ4n) is 3.75. The number of halogens is 5. The van der Waals surface area contributed by atoms with Gasteiger partial charge in [0.25, 0.3) is 0 Å². The van der Waals surface area contributed by atoms with E-state index in [9.17, 15) is 17.6 Å². The lowest BCUT2D eigenvalue weighted by Gasteiger charge is -2.20. The van der Waals surface area contributed by atoms with Crippen LogP contribution >= 0.6 is 0 Å². The number of allylic oxidation sites excluding steroid dienone is 1. The van der Waals surface area contributed by atoms with Gasteiger partial charge in [-0.2, -0.15) is 0 Å². The number of rotatable bonds is 3. The maximum Gasteiger partial charge on any atom is 0.159 e. The quantitative estimate of drug-likeness (QED) is 0.412. The minimum absolute atomic E-state index is 0.0716. The topological polar surface area (TPSA) is 0 Å². The van der Waals surface area contributed by atoms with Gasteiger partial charge in [-0.05, 0) is 71.4 Å². The Morgan fingerprint density at radius 3 is 2.24 bits per heavy atom. The van der Waals surface area contributed by atoms with E-state index in [1.807, 2.05) is 13.0 Å². The van der Waals surface area contributed by atoms with E-state index in [4.69, 9.17) is 0 Å². The molecule has 29 heavy (non-hydrogen) atoms. The molecule has 0 fully saturated rings. The summed E-state index contributed by atoms with van der Waals surface area (Å²) < 4.78 is 70.9. The van der Waals surface area contributed by atoms with Gasteiger partial charge in [-0.25, -0.2) is 22.0 Å². The van der Waals surface area contributed by atoms with Crippen LogP contribution in [0, 0.1) is 29.1 Å². The first-order valence-electron chi connectivity index (χ1n) is 9.34. The molecule has 0 heterocycles. The Bertz CT molecular complexity index is 1140. The van der Waals surface area contributed by atoms with E-state index in [0.29, 0.717) is 29.5 Å². The van der Waals surface area contributed by atoms with Gasteiger partial charge in [0.1, 0.15) is 17.5 Å². The van der Waals surface area contributed by atoms with Gasteiger partial charge >= 0.3 is 0 Å². The van der Waals surface area contributed by atoms with Crippen molar-refractivity contribution in [2.75, 3.05) is 0 Å². The number of fused-ring (bicyclic) bond motifs is 1. The lowest BCUT2D eigenvalue weighted by atomic mass is 9.85. The molecule has 0 spiro atoms. The molecule has 4 rings (SSSR count). The number of hydrogen-bond donors (Lipinski definition) is 0. The van der Waals surface area contributed by atoms with Crippen molar-refractivity contribution in [1.82, 2.24) is 0 Å². The predicted molar refractivity (Wildman–Crippen MR) is 104 cm³/mol. The Hall–Kier alpha value is -2.95. The zero-order valence-corrected chi connectivity index (χ0v) is 15.6. The molecule has 0 saturated carbocycles. The molecular formula is C24H17F5. The normalized spacial score (nSPS) is 13.2. The molecule has 0 radical (unpaired) electrons. The summed E-state index contributed by atoms with van der Waals surface area (Å²) in [6.45, 7) is 1.93. The first-order valence-corrected chi connectivity index (χ1v) is 9.34. The van der Waals surface area contributed by atoms with E-state index < -0.39 is 28.8 Å². The van der Waals surface area contributed by atoms with Crippen LogP contribution in [-0.2, 0) is 12.8 Å². The van der Waals surface area contributed by atoms with Crippen LogP contribution < -0.4 is 0 Å². The molecule has 1 aliphatic carbocycles. The van der Waals surface area contributed by atoms with Gasteiger partial charge in [0.2, 0.25) is 0 Å². The minimum atomic E-state index is -1.17. The maximum absolute atomic E-state index is 15.1. The van der Waals surface area contributed by atoms with Crippen LogP contribution in [0.5, 0.6) is 0 Å². The van der Waals surface area contributed by atoms with Crippen LogP contribution in [-0.4, -0.2) is 0 Å². The maximum atomic E-state index is 15.1. The first kappa shape index (κ1) is 19.4. The van der Waals surface area contributed by atoms with Gasteiger partial charge in [-0.15, -0.1) is 0 Å². The van der Waals surface area contributed by atoms with Crippen molar-refractivity contribution >= 4 is 11.6 Å². The Kier molecular flexibility index (Phi) is 4.99. The molecule has 0 amide bonds. The highest BCUT2D eigenvalue weighted by Gasteiger charge is 2.23. The van der Waals surface area contributed by atoms with Crippen molar-refractivity contribution in [2.45, 2.75) is 26.2 Å².